The Kier molecular flexibility index (Phi) is 14.1. The zero-order valence-corrected chi connectivity index (χ0v) is 25.5. The molecule has 0 spiro atoms. The van der Waals surface area contributed by atoms with Gasteiger partial charge >= 0.3 is 6.09 Å². The summed E-state index contributed by atoms with van der Waals surface area (Å²) in [4.78, 5) is 34.5. The summed E-state index contributed by atoms with van der Waals surface area (Å²) in [5, 5.41) is 20.3. The Morgan fingerprint density at radius 2 is 1.95 bits per heavy atom. The number of carbonyl (C=O) groups is 2. The smallest absolute Gasteiger partial charge is 0.410 e. The number of nitrogens with zero attached hydrogens (tertiary/aromatic N) is 3. The van der Waals surface area contributed by atoms with E-state index >= 15 is 0 Å². The molecule has 0 unspecified atom stereocenters. The number of likely N-dealkylation sites (N-methyl/N-ethyl adjacent to an activating group) is 1. The maximum atomic E-state index is 12.1. The summed E-state index contributed by atoms with van der Waals surface area (Å²) in [5.41, 5.74) is 2.41. The predicted molar refractivity (Wildman–Crippen MR) is 167 cm³/mol. The number of rotatable bonds is 15. The molecule has 12 heteroatoms. The van der Waals surface area contributed by atoms with Crippen molar-refractivity contribution in [3.8, 4) is 11.8 Å². The van der Waals surface area contributed by atoms with Crippen molar-refractivity contribution in [2.45, 2.75) is 52.6 Å². The van der Waals surface area contributed by atoms with Crippen LogP contribution in [0.3, 0.4) is 0 Å². The van der Waals surface area contributed by atoms with Crippen molar-refractivity contribution < 1.29 is 19.1 Å². The number of hydrogen-bond donors (Lipinski definition) is 5. The molecule has 2 aromatic rings. The van der Waals surface area contributed by atoms with E-state index < -0.39 is 11.7 Å². The van der Waals surface area contributed by atoms with Crippen molar-refractivity contribution in [2.24, 2.45) is 0 Å². The normalized spacial score (nSPS) is 10.6. The highest BCUT2D eigenvalue weighted by molar-refractivity contribution is 5.87. The lowest BCUT2D eigenvalue weighted by atomic mass is 10.1. The number of hydrogen-bond acceptors (Lipinski definition) is 10. The first-order valence-electron chi connectivity index (χ1n) is 14.0. The monoisotopic (exact) mass is 580 g/mol. The first-order valence-corrected chi connectivity index (χ1v) is 14.0. The van der Waals surface area contributed by atoms with Gasteiger partial charge in [0.2, 0.25) is 11.9 Å². The van der Waals surface area contributed by atoms with E-state index in [0.717, 1.165) is 29.9 Å². The maximum Gasteiger partial charge on any atom is 0.410 e. The zero-order valence-electron chi connectivity index (χ0n) is 25.5. The lowest BCUT2D eigenvalue weighted by Crippen LogP contribution is -2.41. The van der Waals surface area contributed by atoms with Gasteiger partial charge in [0.1, 0.15) is 18.0 Å². The second-order valence-electron chi connectivity index (χ2n) is 10.5. The van der Waals surface area contributed by atoms with Crippen molar-refractivity contribution in [2.75, 3.05) is 62.9 Å². The SMILES string of the molecule is CCCNc1nc(Nc2ccc(C=N)c(NCCOC)c2)ncc1C#CCCCNC(=O)CN(C)C(=O)OC(C)(C)C. The predicted octanol–water partition coefficient (Wildman–Crippen LogP) is 4.21. The van der Waals surface area contributed by atoms with Gasteiger partial charge < -0.3 is 41.1 Å². The van der Waals surface area contributed by atoms with E-state index in [2.05, 4.69) is 50.0 Å². The second-order valence-corrected chi connectivity index (χ2v) is 10.5. The van der Waals surface area contributed by atoms with Gasteiger partial charge in [0, 0.05) is 63.4 Å². The van der Waals surface area contributed by atoms with Crippen LogP contribution >= 0.6 is 0 Å². The largest absolute Gasteiger partial charge is 0.444 e. The van der Waals surface area contributed by atoms with Crippen LogP contribution in [0.25, 0.3) is 0 Å². The minimum Gasteiger partial charge on any atom is -0.444 e. The molecule has 42 heavy (non-hydrogen) atoms. The van der Waals surface area contributed by atoms with Gasteiger partial charge in [-0.25, -0.2) is 9.78 Å². The Bertz CT molecular complexity index is 1250. The van der Waals surface area contributed by atoms with Crippen LogP contribution in [0.15, 0.2) is 24.4 Å². The average Bonchev–Trinajstić information content (AvgIpc) is 2.94. The van der Waals surface area contributed by atoms with Crippen molar-refractivity contribution in [1.29, 1.82) is 5.41 Å². The molecule has 0 aliphatic carbocycles. The van der Waals surface area contributed by atoms with Crippen molar-refractivity contribution >= 4 is 41.4 Å². The molecule has 1 aromatic heterocycles. The van der Waals surface area contributed by atoms with E-state index in [1.165, 1.54) is 18.2 Å². The zero-order chi connectivity index (χ0) is 31.0. The molecule has 1 heterocycles. The van der Waals surface area contributed by atoms with Crippen LogP contribution in [-0.2, 0) is 14.3 Å². The maximum absolute atomic E-state index is 12.1. The summed E-state index contributed by atoms with van der Waals surface area (Å²) in [7, 11) is 3.17. The van der Waals surface area contributed by atoms with Crippen LogP contribution in [0.2, 0.25) is 0 Å². The molecular formula is C30H44N8O4. The second kappa shape index (κ2) is 17.4. The Labute approximate surface area is 248 Å². The Hall–Kier alpha value is -4.37. The number of methoxy groups -OCH3 is 1. The van der Waals surface area contributed by atoms with E-state index in [1.807, 2.05) is 18.2 Å². The van der Waals surface area contributed by atoms with E-state index in [0.29, 0.717) is 49.9 Å². The molecule has 0 radical (unpaired) electrons. The lowest BCUT2D eigenvalue weighted by Gasteiger charge is -2.24. The quantitative estimate of drug-likeness (QED) is 0.118. The number of amides is 2. The van der Waals surface area contributed by atoms with Gasteiger partial charge in [0.25, 0.3) is 0 Å². The molecule has 12 nitrogen and oxygen atoms in total. The molecule has 0 aliphatic rings. The van der Waals surface area contributed by atoms with Gasteiger partial charge in [-0.2, -0.15) is 4.98 Å². The third-order valence-electron chi connectivity index (χ3n) is 5.53. The average molecular weight is 581 g/mol. The molecular weight excluding hydrogens is 536 g/mol. The minimum atomic E-state index is -0.617. The molecule has 2 rings (SSSR count). The van der Waals surface area contributed by atoms with Gasteiger partial charge in [-0.3, -0.25) is 4.79 Å². The number of ether oxygens (including phenoxy) is 2. The summed E-state index contributed by atoms with van der Waals surface area (Å²) >= 11 is 0. The number of unbranched alkanes of at least 4 members (excludes halogenated alkanes) is 1. The van der Waals surface area contributed by atoms with Gasteiger partial charge in [-0.1, -0.05) is 18.8 Å². The first kappa shape index (κ1) is 33.8. The molecule has 0 bridgehead atoms. The fourth-order valence-electron chi connectivity index (χ4n) is 3.48. The van der Waals surface area contributed by atoms with Crippen molar-refractivity contribution in [3.05, 3.63) is 35.5 Å². The third kappa shape index (κ3) is 12.4. The summed E-state index contributed by atoms with van der Waals surface area (Å²) in [6.45, 7) is 9.66. The van der Waals surface area contributed by atoms with Gasteiger partial charge in [0.05, 0.1) is 18.4 Å². The third-order valence-corrected chi connectivity index (χ3v) is 5.53. The summed E-state index contributed by atoms with van der Waals surface area (Å²) in [6.07, 6.45) is 4.57. The molecule has 0 aliphatic heterocycles. The van der Waals surface area contributed by atoms with Crippen LogP contribution in [0, 0.1) is 17.3 Å². The Balaban J connectivity index is 1.95. The highest BCUT2D eigenvalue weighted by Crippen LogP contribution is 2.23. The molecule has 0 atom stereocenters. The molecule has 228 valence electrons. The molecule has 0 saturated heterocycles. The van der Waals surface area contributed by atoms with Crippen LogP contribution in [0.5, 0.6) is 0 Å². The highest BCUT2D eigenvalue weighted by atomic mass is 16.6. The van der Waals surface area contributed by atoms with Crippen molar-refractivity contribution in [1.82, 2.24) is 20.2 Å². The topological polar surface area (TPSA) is 154 Å². The number of carbonyl (C=O) groups excluding carboxylic acids is 2. The fraction of sp³-hybridized carbons (Fsp3) is 0.500. The van der Waals surface area contributed by atoms with E-state index in [1.54, 1.807) is 34.1 Å². The fourth-order valence-corrected chi connectivity index (χ4v) is 3.48. The van der Waals surface area contributed by atoms with E-state index in [4.69, 9.17) is 14.9 Å². The van der Waals surface area contributed by atoms with Crippen LogP contribution < -0.4 is 21.3 Å². The number of nitrogens with one attached hydrogen (secondary N) is 5. The van der Waals surface area contributed by atoms with Gasteiger partial charge in [0.15, 0.2) is 0 Å². The van der Waals surface area contributed by atoms with Gasteiger partial charge in [-0.15, -0.1) is 0 Å². The molecule has 5 N–H and O–H groups in total. The molecule has 1 aromatic carbocycles. The summed E-state index contributed by atoms with van der Waals surface area (Å²) < 4.78 is 10.4. The summed E-state index contributed by atoms with van der Waals surface area (Å²) in [5.74, 6) is 7.05. The lowest BCUT2D eigenvalue weighted by molar-refractivity contribution is -0.122. The molecule has 0 saturated carbocycles. The van der Waals surface area contributed by atoms with Crippen molar-refractivity contribution in [3.63, 3.8) is 0 Å². The van der Waals surface area contributed by atoms with Crippen LogP contribution in [-0.4, -0.2) is 85.6 Å². The van der Waals surface area contributed by atoms with E-state index in [9.17, 15) is 9.59 Å². The number of benzene rings is 1. The minimum absolute atomic E-state index is 0.0801. The summed E-state index contributed by atoms with van der Waals surface area (Å²) in [6, 6.07) is 5.62. The number of anilines is 4. The van der Waals surface area contributed by atoms with Crippen LogP contribution in [0.4, 0.5) is 27.9 Å². The first-order chi connectivity index (χ1) is 20.1. The van der Waals surface area contributed by atoms with Gasteiger partial charge in [-0.05, 0) is 51.8 Å². The standard InChI is InChI=1S/C30H44N8O4/c1-7-14-34-27-23(11-9-8-10-15-33-26(39)21-38(5)29(40)42-30(2,3)4)20-35-28(37-27)36-24-13-12-22(19-31)25(18-24)32-16-17-41-6/h12-13,18-20,31-32H,7-8,10,14-17,21H2,1-6H3,(H,33,39)(H2,34,35,36,37). The Morgan fingerprint density at radius 1 is 1.17 bits per heavy atom. The van der Waals surface area contributed by atoms with E-state index in [-0.39, 0.29) is 12.5 Å². The molecule has 0 fully saturated rings. The Morgan fingerprint density at radius 3 is 2.64 bits per heavy atom. The molecule has 2 amide bonds. The highest BCUT2D eigenvalue weighted by Gasteiger charge is 2.20. The number of aromatic nitrogens is 2. The van der Waals surface area contributed by atoms with Crippen LogP contribution in [0.1, 0.15) is 58.1 Å².